The highest BCUT2D eigenvalue weighted by Crippen LogP contribution is 2.21. The van der Waals surface area contributed by atoms with Crippen molar-refractivity contribution in [3.63, 3.8) is 0 Å². The average molecular weight is 331 g/mol. The molecule has 0 aliphatic rings. The lowest BCUT2D eigenvalue weighted by Crippen LogP contribution is -2.01. The molecule has 1 aromatic heterocycles. The van der Waals surface area contributed by atoms with Gasteiger partial charge in [0.25, 0.3) is 0 Å². The van der Waals surface area contributed by atoms with Crippen molar-refractivity contribution >= 4 is 32.5 Å². The van der Waals surface area contributed by atoms with E-state index < -0.39 is 0 Å². The number of halogens is 2. The minimum atomic E-state index is -0.243. The van der Waals surface area contributed by atoms with Gasteiger partial charge in [-0.15, -0.1) is 0 Å². The molecule has 3 aromatic rings. The van der Waals surface area contributed by atoms with Gasteiger partial charge in [-0.25, -0.2) is 4.39 Å². The normalized spacial score (nSPS) is 10.7. The van der Waals surface area contributed by atoms with Gasteiger partial charge in [-0.2, -0.15) is 0 Å². The molecule has 1 N–H and O–H groups in total. The van der Waals surface area contributed by atoms with Crippen LogP contribution >= 0.6 is 15.9 Å². The van der Waals surface area contributed by atoms with Crippen molar-refractivity contribution < 1.29 is 4.39 Å². The van der Waals surface area contributed by atoms with E-state index in [2.05, 4.69) is 32.3 Å². The third kappa shape index (κ3) is 2.80. The first-order chi connectivity index (χ1) is 9.72. The summed E-state index contributed by atoms with van der Waals surface area (Å²) in [5.41, 5.74) is 2.92. The predicted octanol–water partition coefficient (Wildman–Crippen LogP) is 4.75. The molecule has 1 heterocycles. The maximum absolute atomic E-state index is 13.0. The summed E-state index contributed by atoms with van der Waals surface area (Å²) >= 11 is 3.36. The fourth-order valence-electron chi connectivity index (χ4n) is 2.03. The van der Waals surface area contributed by atoms with Crippen molar-refractivity contribution in [2.75, 3.05) is 5.32 Å². The molecule has 4 heteroatoms. The predicted molar refractivity (Wildman–Crippen MR) is 83.2 cm³/mol. The summed E-state index contributed by atoms with van der Waals surface area (Å²) in [6.07, 6.45) is 1.81. The quantitative estimate of drug-likeness (QED) is 0.749. The summed E-state index contributed by atoms with van der Waals surface area (Å²) in [5, 5.41) is 4.39. The molecule has 0 radical (unpaired) electrons. The van der Waals surface area contributed by atoms with Gasteiger partial charge in [0.05, 0.1) is 17.4 Å². The first kappa shape index (κ1) is 13.1. The maximum Gasteiger partial charge on any atom is 0.124 e. The van der Waals surface area contributed by atoms with Crippen molar-refractivity contribution in [1.29, 1.82) is 0 Å². The van der Waals surface area contributed by atoms with Gasteiger partial charge in [0.15, 0.2) is 0 Å². The summed E-state index contributed by atoms with van der Waals surface area (Å²) in [4.78, 5) is 4.40. The zero-order chi connectivity index (χ0) is 13.9. The van der Waals surface area contributed by atoms with E-state index in [0.717, 1.165) is 26.6 Å². The van der Waals surface area contributed by atoms with Gasteiger partial charge in [-0.3, -0.25) is 4.98 Å². The third-order valence-electron chi connectivity index (χ3n) is 3.09. The van der Waals surface area contributed by atoms with Crippen molar-refractivity contribution in [3.05, 3.63) is 70.6 Å². The third-order valence-corrected chi connectivity index (χ3v) is 3.83. The lowest BCUT2D eigenvalue weighted by Gasteiger charge is -2.09. The molecule has 0 aliphatic heterocycles. The summed E-state index contributed by atoms with van der Waals surface area (Å²) in [7, 11) is 0. The molecule has 100 valence electrons. The molecule has 0 bridgehead atoms. The van der Waals surface area contributed by atoms with Crippen molar-refractivity contribution in [1.82, 2.24) is 4.98 Å². The van der Waals surface area contributed by atoms with Gasteiger partial charge in [-0.1, -0.05) is 40.2 Å². The fourth-order valence-corrected chi connectivity index (χ4v) is 2.52. The Kier molecular flexibility index (Phi) is 3.65. The second-order valence-corrected chi connectivity index (χ2v) is 5.36. The Bertz CT molecular complexity index is 758. The van der Waals surface area contributed by atoms with E-state index in [1.54, 1.807) is 12.3 Å². The summed E-state index contributed by atoms with van der Waals surface area (Å²) in [6, 6.07) is 14.7. The van der Waals surface area contributed by atoms with Gasteiger partial charge in [0.2, 0.25) is 0 Å². The number of nitrogens with one attached hydrogen (secondary N) is 1. The number of hydrogen-bond donors (Lipinski definition) is 1. The Morgan fingerprint density at radius 1 is 1.10 bits per heavy atom. The Hall–Kier alpha value is -1.94. The Labute approximate surface area is 124 Å². The molecule has 0 unspecified atom stereocenters. The standard InChI is InChI=1S/C16H12BrFN2/c17-15-8-13(18)6-5-12(15)9-19-14-7-11-3-1-2-4-16(11)20-10-14/h1-8,10,19H,9H2. The van der Waals surface area contributed by atoms with Crippen LogP contribution in [0.4, 0.5) is 10.1 Å². The minimum Gasteiger partial charge on any atom is -0.380 e. The van der Waals surface area contributed by atoms with E-state index >= 15 is 0 Å². The highest BCUT2D eigenvalue weighted by molar-refractivity contribution is 9.10. The molecule has 0 saturated carbocycles. The second kappa shape index (κ2) is 5.59. The number of para-hydroxylation sites is 1. The van der Waals surface area contributed by atoms with Crippen LogP contribution in [0.2, 0.25) is 0 Å². The van der Waals surface area contributed by atoms with Crippen molar-refractivity contribution in [3.8, 4) is 0 Å². The number of benzene rings is 2. The van der Waals surface area contributed by atoms with Gasteiger partial charge >= 0.3 is 0 Å². The van der Waals surface area contributed by atoms with Crippen LogP contribution in [-0.2, 0) is 6.54 Å². The highest BCUT2D eigenvalue weighted by Gasteiger charge is 2.02. The maximum atomic E-state index is 13.0. The molecular weight excluding hydrogens is 319 g/mol. The Morgan fingerprint density at radius 2 is 1.95 bits per heavy atom. The van der Waals surface area contributed by atoms with Crippen LogP contribution in [0.15, 0.2) is 59.2 Å². The van der Waals surface area contributed by atoms with Crippen LogP contribution < -0.4 is 5.32 Å². The minimum absolute atomic E-state index is 0.243. The Balaban J connectivity index is 1.79. The number of pyridine rings is 1. The zero-order valence-corrected chi connectivity index (χ0v) is 12.2. The van der Waals surface area contributed by atoms with Gasteiger partial charge in [-0.05, 0) is 29.8 Å². The first-order valence-corrected chi connectivity index (χ1v) is 7.04. The Morgan fingerprint density at radius 3 is 2.80 bits per heavy atom. The van der Waals surface area contributed by atoms with E-state index in [9.17, 15) is 4.39 Å². The monoisotopic (exact) mass is 330 g/mol. The van der Waals surface area contributed by atoms with Gasteiger partial charge in [0.1, 0.15) is 5.82 Å². The topological polar surface area (TPSA) is 24.9 Å². The van der Waals surface area contributed by atoms with Crippen molar-refractivity contribution in [2.24, 2.45) is 0 Å². The van der Waals surface area contributed by atoms with Crippen LogP contribution in [0, 0.1) is 5.82 Å². The number of aromatic nitrogens is 1. The van der Waals surface area contributed by atoms with Crippen LogP contribution in [0.25, 0.3) is 10.9 Å². The number of fused-ring (bicyclic) bond motifs is 1. The molecule has 0 atom stereocenters. The SMILES string of the molecule is Fc1ccc(CNc2cnc3ccccc3c2)c(Br)c1. The number of hydrogen-bond acceptors (Lipinski definition) is 2. The molecule has 0 saturated heterocycles. The van der Waals surface area contributed by atoms with Crippen LogP contribution in [0.1, 0.15) is 5.56 Å². The fraction of sp³-hybridized carbons (Fsp3) is 0.0625. The second-order valence-electron chi connectivity index (χ2n) is 4.51. The van der Waals surface area contributed by atoms with Gasteiger partial charge in [0, 0.05) is 16.4 Å². The van der Waals surface area contributed by atoms with Crippen LogP contribution in [0.5, 0.6) is 0 Å². The lowest BCUT2D eigenvalue weighted by molar-refractivity contribution is 0.626. The zero-order valence-electron chi connectivity index (χ0n) is 10.6. The summed E-state index contributed by atoms with van der Waals surface area (Å²) in [5.74, 6) is -0.243. The van der Waals surface area contributed by atoms with E-state index in [1.807, 2.05) is 24.3 Å². The molecule has 0 amide bonds. The van der Waals surface area contributed by atoms with E-state index in [0.29, 0.717) is 6.54 Å². The van der Waals surface area contributed by atoms with Crippen LogP contribution in [-0.4, -0.2) is 4.98 Å². The molecule has 20 heavy (non-hydrogen) atoms. The summed E-state index contributed by atoms with van der Waals surface area (Å²) < 4.78 is 13.8. The molecule has 0 aliphatic carbocycles. The number of nitrogens with zero attached hydrogens (tertiary/aromatic N) is 1. The first-order valence-electron chi connectivity index (χ1n) is 6.25. The van der Waals surface area contributed by atoms with E-state index in [1.165, 1.54) is 12.1 Å². The van der Waals surface area contributed by atoms with E-state index in [4.69, 9.17) is 0 Å². The molecular formula is C16H12BrFN2. The highest BCUT2D eigenvalue weighted by atomic mass is 79.9. The molecule has 3 rings (SSSR count). The molecule has 2 aromatic carbocycles. The number of rotatable bonds is 3. The van der Waals surface area contributed by atoms with Gasteiger partial charge < -0.3 is 5.32 Å². The molecule has 0 spiro atoms. The lowest BCUT2D eigenvalue weighted by atomic mass is 10.2. The van der Waals surface area contributed by atoms with Crippen molar-refractivity contribution in [2.45, 2.75) is 6.54 Å². The number of anilines is 1. The largest absolute Gasteiger partial charge is 0.380 e. The average Bonchev–Trinajstić information content (AvgIpc) is 2.46. The summed E-state index contributed by atoms with van der Waals surface area (Å²) in [6.45, 7) is 0.612. The van der Waals surface area contributed by atoms with Crippen LogP contribution in [0.3, 0.4) is 0 Å². The van der Waals surface area contributed by atoms with E-state index in [-0.39, 0.29) is 5.82 Å². The molecule has 2 nitrogen and oxygen atoms in total. The smallest absolute Gasteiger partial charge is 0.124 e. The molecule has 0 fully saturated rings.